The monoisotopic (exact) mass is 356 g/mol. The van der Waals surface area contributed by atoms with E-state index in [2.05, 4.69) is 15.9 Å². The van der Waals surface area contributed by atoms with Crippen LogP contribution in [0.3, 0.4) is 0 Å². The van der Waals surface area contributed by atoms with Crippen LogP contribution in [0.25, 0.3) is 0 Å². The second kappa shape index (κ2) is 6.89. The molecule has 1 atom stereocenters. The van der Waals surface area contributed by atoms with Crippen LogP contribution in [0.4, 0.5) is 8.78 Å². The van der Waals surface area contributed by atoms with Crippen LogP contribution in [0.15, 0.2) is 36.4 Å². The summed E-state index contributed by atoms with van der Waals surface area (Å²) in [5, 5.41) is 0. The molecule has 0 N–H and O–H groups in total. The van der Waals surface area contributed by atoms with Crippen LogP contribution in [-0.2, 0) is 0 Å². The van der Waals surface area contributed by atoms with Gasteiger partial charge >= 0.3 is 0 Å². The topological polar surface area (TPSA) is 18.5 Å². The van der Waals surface area contributed by atoms with Gasteiger partial charge in [-0.1, -0.05) is 28.1 Å². The van der Waals surface area contributed by atoms with Gasteiger partial charge in [-0.15, -0.1) is 0 Å². The van der Waals surface area contributed by atoms with Crippen LogP contribution in [0.1, 0.15) is 22.9 Å². The fraction of sp³-hybridized carbons (Fsp3) is 0.250. The first-order valence-corrected chi connectivity index (χ1v) is 7.38. The first-order chi connectivity index (χ1) is 10.1. The quantitative estimate of drug-likeness (QED) is 0.712. The zero-order valence-electron chi connectivity index (χ0n) is 11.7. The maximum Gasteiger partial charge on any atom is 0.134 e. The van der Waals surface area contributed by atoms with Crippen molar-refractivity contribution in [3.05, 3.63) is 59.2 Å². The highest BCUT2D eigenvalue weighted by Gasteiger charge is 2.21. The molecule has 0 spiro atoms. The zero-order chi connectivity index (χ0) is 15.4. The normalized spacial score (nSPS) is 12.0. The van der Waals surface area contributed by atoms with E-state index in [9.17, 15) is 8.78 Å². The van der Waals surface area contributed by atoms with Crippen molar-refractivity contribution in [2.75, 3.05) is 13.7 Å². The van der Waals surface area contributed by atoms with Gasteiger partial charge < -0.3 is 9.47 Å². The molecule has 0 aliphatic heterocycles. The lowest BCUT2D eigenvalue weighted by molar-refractivity contribution is 0.340. The number of halogens is 3. The minimum atomic E-state index is -0.650. The summed E-state index contributed by atoms with van der Waals surface area (Å²) < 4.78 is 38.3. The Morgan fingerprint density at radius 2 is 1.62 bits per heavy atom. The van der Waals surface area contributed by atoms with Crippen LogP contribution in [0.2, 0.25) is 0 Å². The second-order valence-electron chi connectivity index (χ2n) is 4.37. The molecule has 1 unspecified atom stereocenters. The fourth-order valence-electron chi connectivity index (χ4n) is 1.99. The molecular weight excluding hydrogens is 342 g/mol. The van der Waals surface area contributed by atoms with Crippen molar-refractivity contribution in [1.82, 2.24) is 0 Å². The van der Waals surface area contributed by atoms with Crippen molar-refractivity contribution in [3.63, 3.8) is 0 Å². The predicted molar refractivity (Wildman–Crippen MR) is 81.3 cm³/mol. The third kappa shape index (κ3) is 3.53. The van der Waals surface area contributed by atoms with E-state index in [4.69, 9.17) is 9.47 Å². The Balaban J connectivity index is 2.33. The highest BCUT2D eigenvalue weighted by Crippen LogP contribution is 2.36. The van der Waals surface area contributed by atoms with Crippen molar-refractivity contribution >= 4 is 15.9 Å². The largest absolute Gasteiger partial charge is 0.497 e. The molecule has 0 heterocycles. The van der Waals surface area contributed by atoms with Gasteiger partial charge in [-0.25, -0.2) is 8.78 Å². The van der Waals surface area contributed by atoms with Crippen molar-refractivity contribution in [3.8, 4) is 11.5 Å². The van der Waals surface area contributed by atoms with E-state index in [0.29, 0.717) is 6.61 Å². The number of rotatable bonds is 5. The summed E-state index contributed by atoms with van der Waals surface area (Å²) in [7, 11) is 1.37. The molecule has 0 saturated carbocycles. The Kier molecular flexibility index (Phi) is 5.17. The predicted octanol–water partition coefficient (Wildman–Crippen LogP) is 4.86. The lowest BCUT2D eigenvalue weighted by Crippen LogP contribution is -2.02. The molecule has 112 valence electrons. The first-order valence-electron chi connectivity index (χ1n) is 6.46. The van der Waals surface area contributed by atoms with E-state index in [-0.39, 0.29) is 11.3 Å². The first kappa shape index (κ1) is 15.8. The molecule has 2 nitrogen and oxygen atoms in total. The van der Waals surface area contributed by atoms with Gasteiger partial charge in [0, 0.05) is 17.7 Å². The number of hydrogen-bond acceptors (Lipinski definition) is 2. The van der Waals surface area contributed by atoms with E-state index in [0.717, 1.165) is 11.3 Å². The molecule has 21 heavy (non-hydrogen) atoms. The third-order valence-electron chi connectivity index (χ3n) is 3.03. The number of hydrogen-bond donors (Lipinski definition) is 0. The molecule has 2 aromatic rings. The lowest BCUT2D eigenvalue weighted by atomic mass is 10.0. The van der Waals surface area contributed by atoms with Crippen molar-refractivity contribution in [2.45, 2.75) is 11.8 Å². The highest BCUT2D eigenvalue weighted by atomic mass is 79.9. The standard InChI is InChI=1S/C16H15BrF2O2/c1-3-21-11-6-4-10(5-7-11)16(17)15-13(18)8-12(20-2)9-14(15)19/h4-9,16H,3H2,1-2H3. The van der Waals surface area contributed by atoms with Gasteiger partial charge in [0.05, 0.1) is 18.5 Å². The summed E-state index contributed by atoms with van der Waals surface area (Å²) in [6, 6.07) is 9.42. The summed E-state index contributed by atoms with van der Waals surface area (Å²) >= 11 is 3.34. The van der Waals surface area contributed by atoms with E-state index in [1.165, 1.54) is 19.2 Å². The highest BCUT2D eigenvalue weighted by molar-refractivity contribution is 9.09. The number of methoxy groups -OCH3 is 1. The third-order valence-corrected chi connectivity index (χ3v) is 4.01. The molecule has 2 rings (SSSR count). The Hall–Kier alpha value is -1.62. The van der Waals surface area contributed by atoms with Crippen molar-refractivity contribution in [2.24, 2.45) is 0 Å². The summed E-state index contributed by atoms with van der Waals surface area (Å²) in [6.45, 7) is 2.46. The molecule has 0 aliphatic rings. The Morgan fingerprint density at radius 3 is 2.10 bits per heavy atom. The molecule has 0 bridgehead atoms. The minimum Gasteiger partial charge on any atom is -0.497 e. The Labute approximate surface area is 130 Å². The molecule has 0 aliphatic carbocycles. The van der Waals surface area contributed by atoms with Gasteiger partial charge in [0.15, 0.2) is 0 Å². The Bertz CT molecular complexity index is 591. The Morgan fingerprint density at radius 1 is 1.05 bits per heavy atom. The van der Waals surface area contributed by atoms with E-state index < -0.39 is 16.5 Å². The molecule has 0 radical (unpaired) electrons. The van der Waals surface area contributed by atoms with Crippen molar-refractivity contribution in [1.29, 1.82) is 0 Å². The lowest BCUT2D eigenvalue weighted by Gasteiger charge is -2.14. The molecule has 0 aromatic heterocycles. The molecule has 0 saturated heterocycles. The molecule has 2 aromatic carbocycles. The molecular formula is C16H15BrF2O2. The molecule has 0 amide bonds. The van der Waals surface area contributed by atoms with Gasteiger partial charge in [-0.2, -0.15) is 0 Å². The summed E-state index contributed by atoms with van der Waals surface area (Å²) in [4.78, 5) is -0.584. The van der Waals surface area contributed by atoms with Crippen LogP contribution in [0, 0.1) is 11.6 Å². The van der Waals surface area contributed by atoms with E-state index in [1.54, 1.807) is 24.3 Å². The minimum absolute atomic E-state index is 0.0417. The summed E-state index contributed by atoms with van der Waals surface area (Å²) in [5.41, 5.74) is 0.696. The number of alkyl halides is 1. The fourth-order valence-corrected chi connectivity index (χ4v) is 2.73. The summed E-state index contributed by atoms with van der Waals surface area (Å²) in [5.74, 6) is -0.429. The van der Waals surface area contributed by atoms with Crippen LogP contribution >= 0.6 is 15.9 Å². The van der Waals surface area contributed by atoms with Crippen LogP contribution < -0.4 is 9.47 Å². The number of ether oxygens (including phenoxy) is 2. The van der Waals surface area contributed by atoms with Gasteiger partial charge in [0.2, 0.25) is 0 Å². The van der Waals surface area contributed by atoms with Crippen LogP contribution in [0.5, 0.6) is 11.5 Å². The SMILES string of the molecule is CCOc1ccc(C(Br)c2c(F)cc(OC)cc2F)cc1. The second-order valence-corrected chi connectivity index (χ2v) is 5.28. The van der Waals surface area contributed by atoms with Crippen LogP contribution in [-0.4, -0.2) is 13.7 Å². The molecule has 0 fully saturated rings. The van der Waals surface area contributed by atoms with Gasteiger partial charge in [0.1, 0.15) is 23.1 Å². The zero-order valence-corrected chi connectivity index (χ0v) is 13.3. The van der Waals surface area contributed by atoms with E-state index in [1.807, 2.05) is 6.92 Å². The smallest absolute Gasteiger partial charge is 0.134 e. The average molecular weight is 357 g/mol. The van der Waals surface area contributed by atoms with E-state index >= 15 is 0 Å². The van der Waals surface area contributed by atoms with Gasteiger partial charge in [-0.05, 0) is 24.6 Å². The summed E-state index contributed by atoms with van der Waals surface area (Å²) in [6.07, 6.45) is 0. The molecule has 5 heteroatoms. The van der Waals surface area contributed by atoms with Gasteiger partial charge in [0.25, 0.3) is 0 Å². The number of benzene rings is 2. The average Bonchev–Trinajstić information content (AvgIpc) is 2.47. The van der Waals surface area contributed by atoms with Gasteiger partial charge in [-0.3, -0.25) is 0 Å². The maximum absolute atomic E-state index is 14.1. The van der Waals surface area contributed by atoms with Crippen molar-refractivity contribution < 1.29 is 18.3 Å². The maximum atomic E-state index is 14.1.